The number of hydrogen-bond donors (Lipinski definition) is 3. The van der Waals surface area contributed by atoms with Crippen LogP contribution >= 0.6 is 0 Å². The van der Waals surface area contributed by atoms with Crippen LogP contribution in [0.1, 0.15) is 53.4 Å². The fraction of sp³-hybridized carbons (Fsp3) is 0.714. The molecule has 10 heteroatoms. The van der Waals surface area contributed by atoms with Crippen molar-refractivity contribution >= 4 is 23.5 Å². The van der Waals surface area contributed by atoms with Gasteiger partial charge in [-0.05, 0) is 56.9 Å². The molecule has 3 N–H and O–H groups in total. The van der Waals surface area contributed by atoms with Crippen molar-refractivity contribution < 1.29 is 48.7 Å². The molecule has 12 atom stereocenters. The number of esters is 2. The number of allylic oxidation sites excluding steroid dienone is 3. The second kappa shape index (κ2) is 6.66. The van der Waals surface area contributed by atoms with Gasteiger partial charge < -0.3 is 29.5 Å². The van der Waals surface area contributed by atoms with E-state index in [0.717, 1.165) is 0 Å². The van der Waals surface area contributed by atoms with Gasteiger partial charge in [-0.2, -0.15) is 0 Å². The van der Waals surface area contributed by atoms with Gasteiger partial charge in [0.2, 0.25) is 5.79 Å². The van der Waals surface area contributed by atoms with E-state index in [2.05, 4.69) is 0 Å². The van der Waals surface area contributed by atoms with Crippen LogP contribution in [0.4, 0.5) is 0 Å². The second-order valence-corrected chi connectivity index (χ2v) is 13.1. The largest absolute Gasteiger partial charge is 0.458 e. The Morgan fingerprint density at radius 3 is 2.50 bits per heavy atom. The number of rotatable bonds is 0. The molecular formula is C28H32O10. The number of aliphatic hydroxyl groups excluding tert-OH is 1. The minimum Gasteiger partial charge on any atom is -0.458 e. The monoisotopic (exact) mass is 528 g/mol. The first-order chi connectivity index (χ1) is 17.6. The third kappa shape index (κ3) is 2.19. The number of Topliss-reactive ketones (excluding diaryl/α,β-unsaturated/α-hetero) is 1. The van der Waals surface area contributed by atoms with Crippen LogP contribution in [0, 0.1) is 34.5 Å². The molecule has 0 amide bonds. The molecule has 5 unspecified atom stereocenters. The SMILES string of the molecule is C[C@@H]1C(=O)OC2C[C@@]1(C)C1C(=O)C3(O)O[C@@]14[C@@](O)(CCC1C3[C@H](O)C=C3CC=CC(=O)[C@@]31C)C(=O)O[C@@]24C. The van der Waals surface area contributed by atoms with Gasteiger partial charge in [0.1, 0.15) is 6.10 Å². The summed E-state index contributed by atoms with van der Waals surface area (Å²) in [5.74, 6) is -9.59. The van der Waals surface area contributed by atoms with Gasteiger partial charge in [-0.25, -0.2) is 4.79 Å². The van der Waals surface area contributed by atoms with Gasteiger partial charge in [0, 0.05) is 0 Å². The summed E-state index contributed by atoms with van der Waals surface area (Å²) in [4.78, 5) is 54.6. The molecule has 4 heterocycles. The quantitative estimate of drug-likeness (QED) is 0.299. The Morgan fingerprint density at radius 2 is 1.79 bits per heavy atom. The van der Waals surface area contributed by atoms with Crippen molar-refractivity contribution in [3.63, 3.8) is 0 Å². The van der Waals surface area contributed by atoms with Gasteiger partial charge in [0.25, 0.3) is 0 Å². The van der Waals surface area contributed by atoms with Crippen LogP contribution in [0.25, 0.3) is 0 Å². The van der Waals surface area contributed by atoms with Gasteiger partial charge in [-0.15, -0.1) is 0 Å². The Hall–Kier alpha value is -2.40. The van der Waals surface area contributed by atoms with Crippen molar-refractivity contribution in [2.75, 3.05) is 0 Å². The lowest BCUT2D eigenvalue weighted by atomic mass is 9.46. The van der Waals surface area contributed by atoms with Crippen LogP contribution < -0.4 is 0 Å². The van der Waals surface area contributed by atoms with E-state index in [9.17, 15) is 34.5 Å². The molecule has 10 nitrogen and oxygen atoms in total. The standard InChI is InChI=1S/C28H32O10/c1-12-21(32)36-17-11-23(12,2)19-20(31)27(35)18-14(24(3)13(10-15(18)29)6-5-7-16(24)30)8-9-26(34)22(33)37-25(17,4)28(19,26)38-27/h5,7,10,12,14-15,17-19,29,34-35H,6,8-9,11H2,1-4H3/t12-,14?,15-,17?,18?,19?,23-,24+,25+,26-,27?,28+/m1/s1. The minimum absolute atomic E-state index is 0.0287. The topological polar surface area (TPSA) is 157 Å². The molecule has 0 aromatic rings. The van der Waals surface area contributed by atoms with Crippen molar-refractivity contribution in [1.29, 1.82) is 0 Å². The van der Waals surface area contributed by atoms with E-state index in [1.165, 1.54) is 19.1 Å². The zero-order chi connectivity index (χ0) is 27.4. The second-order valence-electron chi connectivity index (χ2n) is 13.1. The molecule has 3 aliphatic carbocycles. The first kappa shape index (κ1) is 24.6. The zero-order valence-electron chi connectivity index (χ0n) is 21.7. The molecule has 38 heavy (non-hydrogen) atoms. The highest BCUT2D eigenvalue weighted by atomic mass is 16.7. The maximum atomic E-state index is 14.6. The summed E-state index contributed by atoms with van der Waals surface area (Å²) in [6, 6.07) is 0. The molecule has 7 rings (SSSR count). The first-order valence-corrected chi connectivity index (χ1v) is 13.4. The van der Waals surface area contributed by atoms with Crippen molar-refractivity contribution in [3.8, 4) is 0 Å². The summed E-state index contributed by atoms with van der Waals surface area (Å²) in [5, 5.41) is 36.1. The number of fused-ring (bicyclic) bond motifs is 9. The van der Waals surface area contributed by atoms with Crippen molar-refractivity contribution in [2.24, 2.45) is 34.5 Å². The fourth-order valence-electron chi connectivity index (χ4n) is 9.51. The van der Waals surface area contributed by atoms with E-state index in [-0.39, 0.29) is 25.0 Å². The van der Waals surface area contributed by atoms with E-state index in [1.54, 1.807) is 26.8 Å². The van der Waals surface area contributed by atoms with Crippen molar-refractivity contribution in [3.05, 3.63) is 23.8 Å². The molecule has 0 radical (unpaired) electrons. The van der Waals surface area contributed by atoms with Gasteiger partial charge in [-0.3, -0.25) is 14.4 Å². The maximum Gasteiger partial charge on any atom is 0.342 e. The number of hydrogen-bond acceptors (Lipinski definition) is 10. The average Bonchev–Trinajstić information content (AvgIpc) is 3.19. The summed E-state index contributed by atoms with van der Waals surface area (Å²) < 4.78 is 18.0. The highest BCUT2D eigenvalue weighted by molar-refractivity contribution is 6.01. The Kier molecular flexibility index (Phi) is 4.31. The summed E-state index contributed by atoms with van der Waals surface area (Å²) in [6.07, 6.45) is 2.66. The summed E-state index contributed by atoms with van der Waals surface area (Å²) in [6.45, 7) is 6.53. The Morgan fingerprint density at radius 1 is 1.08 bits per heavy atom. The highest BCUT2D eigenvalue weighted by Crippen LogP contribution is 2.73. The van der Waals surface area contributed by atoms with Gasteiger partial charge >= 0.3 is 11.9 Å². The maximum absolute atomic E-state index is 14.6. The lowest BCUT2D eigenvalue weighted by Crippen LogP contribution is -2.78. The Bertz CT molecular complexity index is 1300. The van der Waals surface area contributed by atoms with E-state index >= 15 is 0 Å². The van der Waals surface area contributed by atoms with Gasteiger partial charge in [0.15, 0.2) is 28.4 Å². The van der Waals surface area contributed by atoms with Crippen LogP contribution in [-0.4, -0.2) is 73.6 Å². The van der Waals surface area contributed by atoms with E-state index < -0.39 is 87.0 Å². The molecule has 204 valence electrons. The van der Waals surface area contributed by atoms with E-state index in [0.29, 0.717) is 12.0 Å². The van der Waals surface area contributed by atoms with Crippen LogP contribution in [0.3, 0.4) is 0 Å². The molecule has 1 spiro atoms. The smallest absolute Gasteiger partial charge is 0.342 e. The molecule has 4 saturated heterocycles. The van der Waals surface area contributed by atoms with Crippen molar-refractivity contribution in [1.82, 2.24) is 0 Å². The normalized spacial score (nSPS) is 58.1. The lowest BCUT2D eigenvalue weighted by Gasteiger charge is -2.61. The summed E-state index contributed by atoms with van der Waals surface area (Å²) >= 11 is 0. The number of carbonyl (C=O) groups is 4. The molecule has 5 fully saturated rings. The van der Waals surface area contributed by atoms with Crippen LogP contribution in [0.15, 0.2) is 23.8 Å². The summed E-state index contributed by atoms with van der Waals surface area (Å²) in [7, 11) is 0. The molecular weight excluding hydrogens is 496 g/mol. The molecule has 0 aromatic heterocycles. The van der Waals surface area contributed by atoms with Crippen LogP contribution in [-0.2, 0) is 33.4 Å². The molecule has 4 bridgehead atoms. The number of aliphatic hydroxyl groups is 3. The Balaban J connectivity index is 1.52. The average molecular weight is 529 g/mol. The van der Waals surface area contributed by atoms with Gasteiger partial charge in [-0.1, -0.05) is 31.6 Å². The first-order valence-electron chi connectivity index (χ1n) is 13.4. The number of ketones is 2. The van der Waals surface area contributed by atoms with Crippen LogP contribution in [0.2, 0.25) is 0 Å². The predicted molar refractivity (Wildman–Crippen MR) is 126 cm³/mol. The number of carbonyl (C=O) groups excluding carboxylic acids is 4. The zero-order valence-corrected chi connectivity index (χ0v) is 21.7. The third-order valence-electron chi connectivity index (χ3n) is 11.8. The fourth-order valence-corrected chi connectivity index (χ4v) is 9.51. The Labute approximate surface area is 219 Å². The van der Waals surface area contributed by atoms with Gasteiger partial charge in [0.05, 0.1) is 29.3 Å². The minimum atomic E-state index is -2.67. The van der Waals surface area contributed by atoms with E-state index in [4.69, 9.17) is 14.2 Å². The molecule has 1 saturated carbocycles. The van der Waals surface area contributed by atoms with Crippen molar-refractivity contribution in [2.45, 2.75) is 88.2 Å². The molecule has 0 aromatic carbocycles. The predicted octanol–water partition coefficient (Wildman–Crippen LogP) is 0.510. The summed E-state index contributed by atoms with van der Waals surface area (Å²) in [5.41, 5.74) is -7.93. The lowest BCUT2D eigenvalue weighted by molar-refractivity contribution is -0.350. The molecule has 4 aliphatic heterocycles. The van der Waals surface area contributed by atoms with Crippen LogP contribution in [0.5, 0.6) is 0 Å². The number of ether oxygens (including phenoxy) is 3. The third-order valence-corrected chi connectivity index (χ3v) is 11.8. The molecule has 7 aliphatic rings. The van der Waals surface area contributed by atoms with E-state index in [1.807, 2.05) is 0 Å². The highest BCUT2D eigenvalue weighted by Gasteiger charge is 2.92.